The van der Waals surface area contributed by atoms with Crippen LogP contribution in [-0.4, -0.2) is 31.1 Å². The van der Waals surface area contributed by atoms with Crippen LogP contribution in [0.4, 0.5) is 10.1 Å². The lowest BCUT2D eigenvalue weighted by molar-refractivity contribution is -0.143. The first-order valence-corrected chi connectivity index (χ1v) is 7.28. The number of methoxy groups -OCH3 is 1. The number of hydrogen-bond donors (Lipinski definition) is 1. The van der Waals surface area contributed by atoms with Crippen LogP contribution in [0.5, 0.6) is 5.75 Å². The van der Waals surface area contributed by atoms with Crippen LogP contribution in [0.25, 0.3) is 0 Å². The molecule has 0 aliphatic heterocycles. The number of benzene rings is 1. The van der Waals surface area contributed by atoms with Gasteiger partial charge in [0.2, 0.25) is 5.91 Å². The number of anilines is 1. The molecular formula is C16H20FNO4. The summed E-state index contributed by atoms with van der Waals surface area (Å²) in [5.74, 6) is -1.84. The fraction of sp³-hybridized carbons (Fsp3) is 0.500. The number of carbonyl (C=O) groups is 2. The summed E-state index contributed by atoms with van der Waals surface area (Å²) in [6, 6.07) is 4.37. The van der Waals surface area contributed by atoms with E-state index in [9.17, 15) is 14.0 Å². The fourth-order valence-electron chi connectivity index (χ4n) is 2.85. The molecule has 1 saturated carbocycles. The van der Waals surface area contributed by atoms with Crippen molar-refractivity contribution in [3.8, 4) is 5.75 Å². The lowest BCUT2D eigenvalue weighted by atomic mass is 9.81. The molecule has 1 N–H and O–H groups in total. The Morgan fingerprint density at radius 2 is 1.82 bits per heavy atom. The van der Waals surface area contributed by atoms with E-state index in [4.69, 9.17) is 9.84 Å². The van der Waals surface area contributed by atoms with Crippen molar-refractivity contribution in [1.29, 1.82) is 0 Å². The molecule has 0 spiro atoms. The Bertz CT molecular complexity index is 567. The summed E-state index contributed by atoms with van der Waals surface area (Å²) in [6.07, 6.45) is 2.13. The number of carboxylic acids is 1. The van der Waals surface area contributed by atoms with Crippen molar-refractivity contribution < 1.29 is 23.8 Å². The van der Waals surface area contributed by atoms with Crippen LogP contribution in [-0.2, 0) is 9.59 Å². The molecule has 1 aromatic rings. The van der Waals surface area contributed by atoms with Gasteiger partial charge >= 0.3 is 5.97 Å². The molecule has 1 fully saturated rings. The van der Waals surface area contributed by atoms with Gasteiger partial charge in [0.15, 0.2) is 11.6 Å². The van der Waals surface area contributed by atoms with Crippen molar-refractivity contribution in [2.45, 2.75) is 25.7 Å². The van der Waals surface area contributed by atoms with Crippen molar-refractivity contribution in [1.82, 2.24) is 0 Å². The number of hydrogen-bond acceptors (Lipinski definition) is 3. The summed E-state index contributed by atoms with van der Waals surface area (Å²) >= 11 is 0. The van der Waals surface area contributed by atoms with E-state index >= 15 is 0 Å². The highest BCUT2D eigenvalue weighted by atomic mass is 19.1. The molecule has 2 rings (SSSR count). The molecule has 1 amide bonds. The molecule has 0 atom stereocenters. The lowest BCUT2D eigenvalue weighted by Crippen LogP contribution is -2.36. The Morgan fingerprint density at radius 3 is 2.32 bits per heavy atom. The number of nitrogens with zero attached hydrogens (tertiary/aromatic N) is 1. The molecule has 0 saturated heterocycles. The molecule has 0 unspecified atom stereocenters. The van der Waals surface area contributed by atoms with Crippen LogP contribution in [0.15, 0.2) is 18.2 Å². The zero-order chi connectivity index (χ0) is 16.3. The summed E-state index contributed by atoms with van der Waals surface area (Å²) in [4.78, 5) is 24.8. The quantitative estimate of drug-likeness (QED) is 0.928. The van der Waals surface area contributed by atoms with E-state index < -0.39 is 11.8 Å². The lowest BCUT2D eigenvalue weighted by Gasteiger charge is -2.29. The molecule has 1 aromatic carbocycles. The second kappa shape index (κ2) is 6.77. The minimum absolute atomic E-state index is 0.103. The molecule has 0 bridgehead atoms. The van der Waals surface area contributed by atoms with Gasteiger partial charge in [0.25, 0.3) is 0 Å². The molecule has 5 nitrogen and oxygen atoms in total. The molecule has 0 heterocycles. The van der Waals surface area contributed by atoms with E-state index in [1.807, 2.05) is 0 Å². The molecule has 22 heavy (non-hydrogen) atoms. The van der Waals surface area contributed by atoms with Gasteiger partial charge in [-0.15, -0.1) is 0 Å². The Balaban J connectivity index is 2.03. The van der Waals surface area contributed by atoms with Crippen molar-refractivity contribution in [3.63, 3.8) is 0 Å². The van der Waals surface area contributed by atoms with Crippen LogP contribution in [0.3, 0.4) is 0 Å². The van der Waals surface area contributed by atoms with Crippen molar-refractivity contribution in [2.75, 3.05) is 19.1 Å². The number of carboxylic acid groups (broad SMARTS) is 1. The number of aliphatic carboxylic acids is 1. The van der Waals surface area contributed by atoms with Gasteiger partial charge in [0, 0.05) is 24.7 Å². The predicted octanol–water partition coefficient (Wildman–Crippen LogP) is 2.69. The predicted molar refractivity (Wildman–Crippen MR) is 79.4 cm³/mol. The van der Waals surface area contributed by atoms with Gasteiger partial charge in [-0.25, -0.2) is 4.39 Å². The number of amides is 1. The molecule has 120 valence electrons. The molecule has 1 aliphatic carbocycles. The van der Waals surface area contributed by atoms with E-state index in [0.29, 0.717) is 31.4 Å². The molecule has 0 radical (unpaired) electrons. The van der Waals surface area contributed by atoms with E-state index in [0.717, 1.165) is 0 Å². The smallest absolute Gasteiger partial charge is 0.306 e. The summed E-state index contributed by atoms with van der Waals surface area (Å²) < 4.78 is 18.6. The second-order valence-electron chi connectivity index (χ2n) is 5.60. The second-order valence-corrected chi connectivity index (χ2v) is 5.60. The van der Waals surface area contributed by atoms with Gasteiger partial charge in [-0.2, -0.15) is 0 Å². The van der Waals surface area contributed by atoms with E-state index in [-0.39, 0.29) is 23.5 Å². The zero-order valence-electron chi connectivity index (χ0n) is 12.7. The minimum atomic E-state index is -0.795. The van der Waals surface area contributed by atoms with Gasteiger partial charge in [-0.1, -0.05) is 0 Å². The maximum Gasteiger partial charge on any atom is 0.306 e. The maximum atomic E-state index is 13.7. The van der Waals surface area contributed by atoms with Crippen LogP contribution < -0.4 is 9.64 Å². The third-order valence-corrected chi connectivity index (χ3v) is 4.28. The number of carbonyl (C=O) groups excluding carboxylic acids is 1. The van der Waals surface area contributed by atoms with E-state index in [1.165, 1.54) is 24.1 Å². The molecule has 1 aliphatic rings. The first-order valence-electron chi connectivity index (χ1n) is 7.28. The molecule has 6 heteroatoms. The van der Waals surface area contributed by atoms with Gasteiger partial charge in [-0.05, 0) is 37.8 Å². The highest BCUT2D eigenvalue weighted by Crippen LogP contribution is 2.31. The highest BCUT2D eigenvalue weighted by molar-refractivity contribution is 5.94. The Labute approximate surface area is 128 Å². The van der Waals surface area contributed by atoms with Crippen molar-refractivity contribution in [2.24, 2.45) is 11.8 Å². The molecule has 0 aromatic heterocycles. The third kappa shape index (κ3) is 3.37. The Hall–Kier alpha value is -2.11. The average Bonchev–Trinajstić information content (AvgIpc) is 2.53. The van der Waals surface area contributed by atoms with E-state index in [1.54, 1.807) is 13.1 Å². The van der Waals surface area contributed by atoms with Gasteiger partial charge in [0.1, 0.15) is 0 Å². The number of rotatable bonds is 4. The Morgan fingerprint density at radius 1 is 1.23 bits per heavy atom. The summed E-state index contributed by atoms with van der Waals surface area (Å²) in [5, 5.41) is 8.98. The fourth-order valence-corrected chi connectivity index (χ4v) is 2.85. The van der Waals surface area contributed by atoms with Gasteiger partial charge < -0.3 is 14.7 Å². The van der Waals surface area contributed by atoms with Crippen molar-refractivity contribution >= 4 is 17.6 Å². The zero-order valence-corrected chi connectivity index (χ0v) is 12.7. The van der Waals surface area contributed by atoms with Gasteiger partial charge in [0.05, 0.1) is 13.0 Å². The van der Waals surface area contributed by atoms with Gasteiger partial charge in [-0.3, -0.25) is 9.59 Å². The largest absolute Gasteiger partial charge is 0.494 e. The first kappa shape index (κ1) is 16.3. The normalized spacial score (nSPS) is 21.2. The third-order valence-electron chi connectivity index (χ3n) is 4.28. The van der Waals surface area contributed by atoms with Crippen LogP contribution in [0, 0.1) is 17.7 Å². The average molecular weight is 309 g/mol. The highest BCUT2D eigenvalue weighted by Gasteiger charge is 2.31. The Kier molecular flexibility index (Phi) is 5.00. The van der Waals surface area contributed by atoms with Crippen LogP contribution >= 0.6 is 0 Å². The monoisotopic (exact) mass is 309 g/mol. The summed E-state index contributed by atoms with van der Waals surface area (Å²) in [7, 11) is 2.99. The SMILES string of the molecule is COc1ccc(N(C)C(=O)C2CCC(C(=O)O)CC2)cc1F. The minimum Gasteiger partial charge on any atom is -0.494 e. The van der Waals surface area contributed by atoms with Crippen LogP contribution in [0.1, 0.15) is 25.7 Å². The van der Waals surface area contributed by atoms with E-state index in [2.05, 4.69) is 0 Å². The topological polar surface area (TPSA) is 66.8 Å². The number of ether oxygens (including phenoxy) is 1. The van der Waals surface area contributed by atoms with Crippen molar-refractivity contribution in [3.05, 3.63) is 24.0 Å². The number of halogens is 1. The summed E-state index contributed by atoms with van der Waals surface area (Å²) in [6.45, 7) is 0. The summed E-state index contributed by atoms with van der Waals surface area (Å²) in [5.41, 5.74) is 0.462. The van der Waals surface area contributed by atoms with Crippen LogP contribution in [0.2, 0.25) is 0 Å². The standard InChI is InChI=1S/C16H20FNO4/c1-18(12-7-8-14(22-2)13(17)9-12)15(19)10-3-5-11(6-4-10)16(20)21/h7-11H,3-6H2,1-2H3,(H,20,21). The first-order chi connectivity index (χ1) is 10.4. The maximum absolute atomic E-state index is 13.7. The molecular weight excluding hydrogens is 289 g/mol.